The molecule has 2 aromatic rings. The van der Waals surface area contributed by atoms with E-state index in [-0.39, 0.29) is 12.7 Å². The SMILES string of the molecule is O=C(Nc1ccc2c(c1)OCO2)c1cncc(NC2CC2)c1. The number of hydrogen-bond donors (Lipinski definition) is 2. The molecule has 1 fully saturated rings. The summed E-state index contributed by atoms with van der Waals surface area (Å²) in [7, 11) is 0. The molecule has 2 heterocycles. The molecule has 4 rings (SSSR count). The lowest BCUT2D eigenvalue weighted by Crippen LogP contribution is -2.13. The molecule has 1 aromatic carbocycles. The first-order valence-electron chi connectivity index (χ1n) is 7.20. The molecule has 112 valence electrons. The van der Waals surface area contributed by atoms with E-state index in [1.807, 2.05) is 6.07 Å². The van der Waals surface area contributed by atoms with Crippen molar-refractivity contribution < 1.29 is 14.3 Å². The Morgan fingerprint density at radius 2 is 1.95 bits per heavy atom. The number of amides is 1. The van der Waals surface area contributed by atoms with E-state index in [0.29, 0.717) is 28.8 Å². The number of benzene rings is 1. The Morgan fingerprint density at radius 3 is 2.82 bits per heavy atom. The molecule has 0 atom stereocenters. The third-order valence-corrected chi connectivity index (χ3v) is 3.58. The monoisotopic (exact) mass is 297 g/mol. The number of fused-ring (bicyclic) bond motifs is 1. The number of carbonyl (C=O) groups excluding carboxylic acids is 1. The lowest BCUT2D eigenvalue weighted by atomic mass is 10.2. The standard InChI is InChI=1S/C16H15N3O3/c20-16(10-5-13(8-17-7-10)18-11-1-2-11)19-12-3-4-14-15(6-12)22-9-21-14/h3-8,11,18H,1-2,9H2,(H,19,20). The summed E-state index contributed by atoms with van der Waals surface area (Å²) in [4.78, 5) is 16.4. The van der Waals surface area contributed by atoms with Crippen molar-refractivity contribution in [2.75, 3.05) is 17.4 Å². The Labute approximate surface area is 127 Å². The highest BCUT2D eigenvalue weighted by molar-refractivity contribution is 6.04. The number of ether oxygens (including phenoxy) is 2. The molecule has 1 amide bonds. The van der Waals surface area contributed by atoms with Crippen LogP contribution < -0.4 is 20.1 Å². The smallest absolute Gasteiger partial charge is 0.257 e. The van der Waals surface area contributed by atoms with Gasteiger partial charge in [-0.25, -0.2) is 0 Å². The van der Waals surface area contributed by atoms with Crippen LogP contribution in [0.1, 0.15) is 23.2 Å². The predicted molar refractivity (Wildman–Crippen MR) is 81.4 cm³/mol. The van der Waals surface area contributed by atoms with Gasteiger partial charge in [0, 0.05) is 30.2 Å². The van der Waals surface area contributed by atoms with Crippen LogP contribution in [-0.4, -0.2) is 23.7 Å². The lowest BCUT2D eigenvalue weighted by Gasteiger charge is -2.08. The molecule has 0 spiro atoms. The highest BCUT2D eigenvalue weighted by Gasteiger charge is 2.21. The molecule has 1 aromatic heterocycles. The lowest BCUT2D eigenvalue weighted by molar-refractivity contribution is 0.102. The van der Waals surface area contributed by atoms with Crippen LogP contribution in [0.5, 0.6) is 11.5 Å². The van der Waals surface area contributed by atoms with Crippen molar-refractivity contribution in [3.8, 4) is 11.5 Å². The summed E-state index contributed by atoms with van der Waals surface area (Å²) in [6.45, 7) is 0.214. The van der Waals surface area contributed by atoms with Crippen molar-refractivity contribution in [1.82, 2.24) is 4.98 Å². The minimum atomic E-state index is -0.203. The van der Waals surface area contributed by atoms with E-state index in [9.17, 15) is 4.79 Å². The number of carbonyl (C=O) groups is 1. The molecule has 1 aliphatic heterocycles. The van der Waals surface area contributed by atoms with Crippen molar-refractivity contribution in [1.29, 1.82) is 0 Å². The van der Waals surface area contributed by atoms with Crippen LogP contribution in [0, 0.1) is 0 Å². The Morgan fingerprint density at radius 1 is 1.09 bits per heavy atom. The Kier molecular flexibility index (Phi) is 3.07. The van der Waals surface area contributed by atoms with Crippen molar-refractivity contribution in [2.24, 2.45) is 0 Å². The molecule has 2 N–H and O–H groups in total. The van der Waals surface area contributed by atoms with Gasteiger partial charge in [-0.2, -0.15) is 0 Å². The van der Waals surface area contributed by atoms with E-state index in [2.05, 4.69) is 15.6 Å². The van der Waals surface area contributed by atoms with E-state index in [4.69, 9.17) is 9.47 Å². The molecule has 6 heteroatoms. The molecule has 0 bridgehead atoms. The summed E-state index contributed by atoms with van der Waals surface area (Å²) in [5, 5.41) is 6.17. The van der Waals surface area contributed by atoms with E-state index >= 15 is 0 Å². The van der Waals surface area contributed by atoms with Crippen LogP contribution in [0.4, 0.5) is 11.4 Å². The summed E-state index contributed by atoms with van der Waals surface area (Å²) in [6, 6.07) is 7.65. The maximum atomic E-state index is 12.3. The van der Waals surface area contributed by atoms with Crippen LogP contribution in [-0.2, 0) is 0 Å². The fraction of sp³-hybridized carbons (Fsp3) is 0.250. The van der Waals surface area contributed by atoms with Gasteiger partial charge in [-0.1, -0.05) is 0 Å². The van der Waals surface area contributed by atoms with Crippen LogP contribution in [0.15, 0.2) is 36.7 Å². The van der Waals surface area contributed by atoms with Gasteiger partial charge in [0.15, 0.2) is 11.5 Å². The second-order valence-electron chi connectivity index (χ2n) is 5.40. The van der Waals surface area contributed by atoms with Crippen molar-refractivity contribution in [3.05, 3.63) is 42.2 Å². The van der Waals surface area contributed by atoms with Gasteiger partial charge >= 0.3 is 0 Å². The molecule has 22 heavy (non-hydrogen) atoms. The fourth-order valence-corrected chi connectivity index (χ4v) is 2.28. The molecule has 2 aliphatic rings. The van der Waals surface area contributed by atoms with Gasteiger partial charge in [-0.3, -0.25) is 9.78 Å². The summed E-state index contributed by atoms with van der Waals surface area (Å²) >= 11 is 0. The largest absolute Gasteiger partial charge is 0.454 e. The van der Waals surface area contributed by atoms with E-state index in [1.165, 1.54) is 12.8 Å². The Bertz CT molecular complexity index is 728. The number of nitrogens with one attached hydrogen (secondary N) is 2. The molecule has 0 saturated heterocycles. The second kappa shape index (κ2) is 5.22. The average Bonchev–Trinajstić information content (AvgIpc) is 3.22. The summed E-state index contributed by atoms with van der Waals surface area (Å²) in [5.74, 6) is 1.13. The van der Waals surface area contributed by atoms with Gasteiger partial charge in [-0.05, 0) is 31.0 Å². The Hall–Kier alpha value is -2.76. The molecular weight excluding hydrogens is 282 g/mol. The number of anilines is 2. The van der Waals surface area contributed by atoms with Gasteiger partial charge in [0.1, 0.15) is 0 Å². The third-order valence-electron chi connectivity index (χ3n) is 3.58. The zero-order valence-corrected chi connectivity index (χ0v) is 11.8. The van der Waals surface area contributed by atoms with Gasteiger partial charge in [0.25, 0.3) is 5.91 Å². The maximum Gasteiger partial charge on any atom is 0.257 e. The van der Waals surface area contributed by atoms with Crippen molar-refractivity contribution in [2.45, 2.75) is 18.9 Å². The van der Waals surface area contributed by atoms with E-state index in [0.717, 1.165) is 5.69 Å². The highest BCUT2D eigenvalue weighted by atomic mass is 16.7. The Balaban J connectivity index is 1.49. The number of pyridine rings is 1. The first-order chi connectivity index (χ1) is 10.8. The maximum absolute atomic E-state index is 12.3. The van der Waals surface area contributed by atoms with E-state index in [1.54, 1.807) is 30.6 Å². The van der Waals surface area contributed by atoms with Crippen molar-refractivity contribution in [3.63, 3.8) is 0 Å². The topological polar surface area (TPSA) is 72.5 Å². The van der Waals surface area contributed by atoms with Gasteiger partial charge in [0.05, 0.1) is 11.3 Å². The number of aromatic nitrogens is 1. The first kappa shape index (κ1) is 12.9. The van der Waals surface area contributed by atoms with Gasteiger partial charge in [0.2, 0.25) is 6.79 Å². The summed E-state index contributed by atoms with van der Waals surface area (Å²) < 4.78 is 10.5. The minimum Gasteiger partial charge on any atom is -0.454 e. The second-order valence-corrected chi connectivity index (χ2v) is 5.40. The molecule has 1 saturated carbocycles. The minimum absolute atomic E-state index is 0.203. The number of rotatable bonds is 4. The number of hydrogen-bond acceptors (Lipinski definition) is 5. The average molecular weight is 297 g/mol. The molecule has 6 nitrogen and oxygen atoms in total. The zero-order chi connectivity index (χ0) is 14.9. The van der Waals surface area contributed by atoms with E-state index < -0.39 is 0 Å². The summed E-state index contributed by atoms with van der Waals surface area (Å²) in [5.41, 5.74) is 2.05. The molecule has 0 unspecified atom stereocenters. The van der Waals surface area contributed by atoms with Crippen LogP contribution >= 0.6 is 0 Å². The molecule has 0 radical (unpaired) electrons. The van der Waals surface area contributed by atoms with Crippen LogP contribution in [0.25, 0.3) is 0 Å². The highest BCUT2D eigenvalue weighted by Crippen LogP contribution is 2.34. The van der Waals surface area contributed by atoms with Crippen molar-refractivity contribution >= 4 is 17.3 Å². The number of nitrogens with zero attached hydrogens (tertiary/aromatic N) is 1. The normalized spacial score (nSPS) is 15.5. The quantitative estimate of drug-likeness (QED) is 0.907. The van der Waals surface area contributed by atoms with Crippen LogP contribution in [0.3, 0.4) is 0 Å². The first-order valence-corrected chi connectivity index (χ1v) is 7.20. The van der Waals surface area contributed by atoms with Gasteiger partial charge < -0.3 is 20.1 Å². The molecule has 1 aliphatic carbocycles. The third kappa shape index (κ3) is 2.67. The fourth-order valence-electron chi connectivity index (χ4n) is 2.28. The zero-order valence-electron chi connectivity index (χ0n) is 11.8. The summed E-state index contributed by atoms with van der Waals surface area (Å²) in [6.07, 6.45) is 5.64. The van der Waals surface area contributed by atoms with Crippen LogP contribution in [0.2, 0.25) is 0 Å². The van der Waals surface area contributed by atoms with Gasteiger partial charge in [-0.15, -0.1) is 0 Å². The molecular formula is C16H15N3O3. The predicted octanol–water partition coefficient (Wildman–Crippen LogP) is 2.64.